The maximum absolute atomic E-state index is 5.88. The van der Waals surface area contributed by atoms with Gasteiger partial charge in [0.25, 0.3) is 0 Å². The Kier molecular flexibility index (Phi) is 3.62. The Morgan fingerprint density at radius 2 is 2.07 bits per heavy atom. The third-order valence-electron chi connectivity index (χ3n) is 3.03. The van der Waals surface area contributed by atoms with Crippen LogP contribution >= 0.6 is 11.6 Å². The summed E-state index contributed by atoms with van der Waals surface area (Å²) in [4.78, 5) is 2.46. The molecule has 0 spiro atoms. The molecule has 0 aliphatic carbocycles. The topological polar surface area (TPSA) is 29.3 Å². The number of benzene rings is 1. The number of rotatable bonds is 3. The van der Waals surface area contributed by atoms with E-state index in [0.717, 1.165) is 18.1 Å². The van der Waals surface area contributed by atoms with Crippen molar-refractivity contribution in [3.63, 3.8) is 0 Å². The standard InChI is InChI=1S/C12H17ClN2/c13-11-5-3-10(4-6-11)12-2-1-8-15(12)9-7-14/h3-6,12H,1-2,7-9,14H2/t12-/m0/s1. The average molecular weight is 225 g/mol. The molecule has 1 aromatic carbocycles. The minimum absolute atomic E-state index is 0.547. The second-order valence-corrected chi connectivity index (χ2v) is 4.47. The monoisotopic (exact) mass is 224 g/mol. The first-order chi connectivity index (χ1) is 7.31. The van der Waals surface area contributed by atoms with E-state index in [9.17, 15) is 0 Å². The second-order valence-electron chi connectivity index (χ2n) is 4.03. The van der Waals surface area contributed by atoms with Crippen LogP contribution in [0.2, 0.25) is 5.02 Å². The van der Waals surface area contributed by atoms with E-state index >= 15 is 0 Å². The highest BCUT2D eigenvalue weighted by molar-refractivity contribution is 6.30. The molecule has 0 saturated carbocycles. The fraction of sp³-hybridized carbons (Fsp3) is 0.500. The summed E-state index contributed by atoms with van der Waals surface area (Å²) >= 11 is 5.88. The molecule has 0 amide bonds. The summed E-state index contributed by atoms with van der Waals surface area (Å²) in [5, 5.41) is 0.808. The number of hydrogen-bond donors (Lipinski definition) is 1. The van der Waals surface area contributed by atoms with Crippen molar-refractivity contribution in [3.8, 4) is 0 Å². The van der Waals surface area contributed by atoms with Crippen LogP contribution in [0, 0.1) is 0 Å². The molecular weight excluding hydrogens is 208 g/mol. The van der Waals surface area contributed by atoms with Gasteiger partial charge in [0.15, 0.2) is 0 Å². The van der Waals surface area contributed by atoms with Gasteiger partial charge < -0.3 is 5.73 Å². The molecule has 82 valence electrons. The van der Waals surface area contributed by atoms with Crippen LogP contribution in [0.4, 0.5) is 0 Å². The average Bonchev–Trinajstić information content (AvgIpc) is 2.68. The molecule has 3 heteroatoms. The van der Waals surface area contributed by atoms with Gasteiger partial charge in [0.1, 0.15) is 0 Å². The smallest absolute Gasteiger partial charge is 0.0406 e. The largest absolute Gasteiger partial charge is 0.329 e. The highest BCUT2D eigenvalue weighted by atomic mass is 35.5. The predicted molar refractivity (Wildman–Crippen MR) is 64.1 cm³/mol. The van der Waals surface area contributed by atoms with Crippen LogP contribution in [0.15, 0.2) is 24.3 Å². The van der Waals surface area contributed by atoms with Crippen molar-refractivity contribution in [1.29, 1.82) is 0 Å². The lowest BCUT2D eigenvalue weighted by Gasteiger charge is -2.24. The second kappa shape index (κ2) is 4.97. The Morgan fingerprint density at radius 1 is 1.33 bits per heavy atom. The quantitative estimate of drug-likeness (QED) is 0.855. The molecule has 1 atom stereocenters. The van der Waals surface area contributed by atoms with Crippen LogP contribution in [-0.4, -0.2) is 24.5 Å². The molecule has 1 saturated heterocycles. The van der Waals surface area contributed by atoms with Crippen LogP contribution in [0.5, 0.6) is 0 Å². The van der Waals surface area contributed by atoms with Crippen molar-refractivity contribution in [2.45, 2.75) is 18.9 Å². The number of nitrogens with zero attached hydrogens (tertiary/aromatic N) is 1. The van der Waals surface area contributed by atoms with E-state index in [2.05, 4.69) is 17.0 Å². The van der Waals surface area contributed by atoms with Crippen LogP contribution in [-0.2, 0) is 0 Å². The first-order valence-corrected chi connectivity index (χ1v) is 5.88. The molecule has 0 radical (unpaired) electrons. The van der Waals surface area contributed by atoms with Crippen LogP contribution in [0.1, 0.15) is 24.4 Å². The molecular formula is C12H17ClN2. The summed E-state index contributed by atoms with van der Waals surface area (Å²) in [5.41, 5.74) is 6.98. The summed E-state index contributed by atoms with van der Waals surface area (Å²) < 4.78 is 0. The SMILES string of the molecule is NCCN1CCC[C@H]1c1ccc(Cl)cc1. The van der Waals surface area contributed by atoms with Gasteiger partial charge in [0, 0.05) is 24.2 Å². The first kappa shape index (κ1) is 10.9. The Labute approximate surface area is 96.0 Å². The molecule has 1 aromatic rings. The van der Waals surface area contributed by atoms with Gasteiger partial charge in [-0.25, -0.2) is 0 Å². The molecule has 15 heavy (non-hydrogen) atoms. The number of likely N-dealkylation sites (tertiary alicyclic amines) is 1. The Bertz CT molecular complexity index is 310. The van der Waals surface area contributed by atoms with Crippen molar-refractivity contribution in [2.24, 2.45) is 5.73 Å². The van der Waals surface area contributed by atoms with Crippen LogP contribution in [0.25, 0.3) is 0 Å². The van der Waals surface area contributed by atoms with Crippen LogP contribution < -0.4 is 5.73 Å². The predicted octanol–water partition coefficient (Wildman–Crippen LogP) is 2.44. The zero-order valence-electron chi connectivity index (χ0n) is 8.82. The minimum atomic E-state index is 0.547. The molecule has 0 unspecified atom stereocenters. The van der Waals surface area contributed by atoms with Crippen LogP contribution in [0.3, 0.4) is 0 Å². The van der Waals surface area contributed by atoms with Gasteiger partial charge >= 0.3 is 0 Å². The summed E-state index contributed by atoms with van der Waals surface area (Å²) in [6.45, 7) is 2.90. The normalized spacial score (nSPS) is 22.1. The van der Waals surface area contributed by atoms with Gasteiger partial charge in [-0.15, -0.1) is 0 Å². The number of halogens is 1. The van der Waals surface area contributed by atoms with E-state index in [1.165, 1.54) is 24.9 Å². The van der Waals surface area contributed by atoms with E-state index < -0.39 is 0 Å². The molecule has 2 rings (SSSR count). The molecule has 1 aliphatic rings. The lowest BCUT2D eigenvalue weighted by molar-refractivity contribution is 0.265. The van der Waals surface area contributed by atoms with Gasteiger partial charge in [-0.1, -0.05) is 23.7 Å². The fourth-order valence-corrected chi connectivity index (χ4v) is 2.45. The molecule has 2 N–H and O–H groups in total. The highest BCUT2D eigenvalue weighted by Gasteiger charge is 2.24. The van der Waals surface area contributed by atoms with Crippen molar-refractivity contribution in [2.75, 3.05) is 19.6 Å². The molecule has 1 fully saturated rings. The zero-order valence-corrected chi connectivity index (χ0v) is 9.58. The Balaban J connectivity index is 2.11. The van der Waals surface area contributed by atoms with E-state index in [1.807, 2.05) is 12.1 Å². The van der Waals surface area contributed by atoms with E-state index in [-0.39, 0.29) is 0 Å². The molecule has 1 heterocycles. The molecule has 0 bridgehead atoms. The van der Waals surface area contributed by atoms with Gasteiger partial charge in [-0.3, -0.25) is 4.90 Å². The zero-order chi connectivity index (χ0) is 10.7. The minimum Gasteiger partial charge on any atom is -0.329 e. The Hall–Kier alpha value is -0.570. The third kappa shape index (κ3) is 2.51. The van der Waals surface area contributed by atoms with Crippen molar-refractivity contribution >= 4 is 11.6 Å². The van der Waals surface area contributed by atoms with E-state index in [0.29, 0.717) is 6.04 Å². The number of nitrogens with two attached hydrogens (primary N) is 1. The van der Waals surface area contributed by atoms with Gasteiger partial charge in [-0.2, -0.15) is 0 Å². The lowest BCUT2D eigenvalue weighted by atomic mass is 10.0. The van der Waals surface area contributed by atoms with Gasteiger partial charge in [0.05, 0.1) is 0 Å². The molecule has 2 nitrogen and oxygen atoms in total. The summed E-state index contributed by atoms with van der Waals surface area (Å²) in [5.74, 6) is 0. The lowest BCUT2D eigenvalue weighted by Crippen LogP contribution is -2.29. The van der Waals surface area contributed by atoms with E-state index in [4.69, 9.17) is 17.3 Å². The third-order valence-corrected chi connectivity index (χ3v) is 3.29. The van der Waals surface area contributed by atoms with Crippen molar-refractivity contribution in [1.82, 2.24) is 4.90 Å². The summed E-state index contributed by atoms with van der Waals surface area (Å²) in [7, 11) is 0. The maximum Gasteiger partial charge on any atom is 0.0406 e. The van der Waals surface area contributed by atoms with Gasteiger partial charge in [-0.05, 0) is 37.1 Å². The first-order valence-electron chi connectivity index (χ1n) is 5.51. The van der Waals surface area contributed by atoms with Crippen molar-refractivity contribution in [3.05, 3.63) is 34.9 Å². The molecule has 0 aromatic heterocycles. The fourth-order valence-electron chi connectivity index (χ4n) is 2.32. The maximum atomic E-state index is 5.88. The van der Waals surface area contributed by atoms with Crippen molar-refractivity contribution < 1.29 is 0 Å². The summed E-state index contributed by atoms with van der Waals surface area (Å²) in [6, 6.07) is 8.74. The van der Waals surface area contributed by atoms with E-state index in [1.54, 1.807) is 0 Å². The molecule has 1 aliphatic heterocycles. The highest BCUT2D eigenvalue weighted by Crippen LogP contribution is 2.31. The Morgan fingerprint density at radius 3 is 2.73 bits per heavy atom. The number of hydrogen-bond acceptors (Lipinski definition) is 2. The van der Waals surface area contributed by atoms with Gasteiger partial charge in [0.2, 0.25) is 0 Å². The summed E-state index contributed by atoms with van der Waals surface area (Å²) in [6.07, 6.45) is 2.51.